The zero-order chi connectivity index (χ0) is 18.4. The summed E-state index contributed by atoms with van der Waals surface area (Å²) in [5, 5.41) is 9.40. The number of nitrogens with zero attached hydrogens (tertiary/aromatic N) is 1. The lowest BCUT2D eigenvalue weighted by atomic mass is 10.1. The van der Waals surface area contributed by atoms with E-state index in [4.69, 9.17) is 4.74 Å². The molecule has 0 saturated carbocycles. The lowest BCUT2D eigenvalue weighted by Crippen LogP contribution is -2.13. The lowest BCUT2D eigenvalue weighted by Gasteiger charge is -2.11. The fourth-order valence-electron chi connectivity index (χ4n) is 2.04. The molecule has 0 saturated heterocycles. The number of carboxylic acid groups (broad SMARTS) is 1. The first kappa shape index (κ1) is 18.4. The summed E-state index contributed by atoms with van der Waals surface area (Å²) in [6.07, 6.45) is 1.23. The molecule has 5 heteroatoms. The smallest absolute Gasteiger partial charge is 0.339 e. The Hall–Kier alpha value is -2.95. The van der Waals surface area contributed by atoms with E-state index in [2.05, 4.69) is 4.99 Å². The molecule has 1 N–H and O–H groups in total. The van der Waals surface area contributed by atoms with Crippen molar-refractivity contribution >= 4 is 18.0 Å². The van der Waals surface area contributed by atoms with Crippen LogP contribution in [0.3, 0.4) is 0 Å². The predicted octanol–water partition coefficient (Wildman–Crippen LogP) is 4.02. The fraction of sp³-hybridized carbons (Fsp3) is 0.250. The van der Waals surface area contributed by atoms with E-state index in [1.807, 2.05) is 51.1 Å². The van der Waals surface area contributed by atoms with Crippen molar-refractivity contribution in [3.63, 3.8) is 0 Å². The molecule has 2 aromatic rings. The summed E-state index contributed by atoms with van der Waals surface area (Å²) >= 11 is 0. The third-order valence-electron chi connectivity index (χ3n) is 3.30. The maximum atomic E-state index is 12.2. The highest BCUT2D eigenvalue weighted by molar-refractivity contribution is 6.35. The largest absolute Gasteiger partial charge is 0.488 e. The van der Waals surface area contributed by atoms with E-state index in [9.17, 15) is 14.7 Å². The number of hydrogen-bond donors (Lipinski definition) is 1. The third-order valence-corrected chi connectivity index (χ3v) is 3.30. The highest BCUT2D eigenvalue weighted by Gasteiger charge is 2.16. The molecule has 2 rings (SSSR count). The number of ether oxygens (including phenoxy) is 1. The second kappa shape index (κ2) is 7.75. The summed E-state index contributed by atoms with van der Waals surface area (Å²) < 4.78 is 5.61. The van der Waals surface area contributed by atoms with Gasteiger partial charge in [-0.15, -0.1) is 0 Å². The maximum absolute atomic E-state index is 12.2. The number of carbonyl (C=O) groups is 2. The molecule has 0 aromatic heterocycles. The number of aromatic carboxylic acids is 1. The van der Waals surface area contributed by atoms with E-state index in [1.165, 1.54) is 18.3 Å². The van der Waals surface area contributed by atoms with Crippen LogP contribution in [-0.2, 0) is 6.61 Å². The molecule has 0 radical (unpaired) electrons. The number of carbonyl (C=O) groups excluding carboxylic acids is 1. The van der Waals surface area contributed by atoms with Crippen molar-refractivity contribution in [1.29, 1.82) is 0 Å². The normalized spacial score (nSPS) is 11.5. The van der Waals surface area contributed by atoms with Crippen LogP contribution in [0.1, 0.15) is 47.1 Å². The van der Waals surface area contributed by atoms with Crippen LogP contribution in [0.5, 0.6) is 5.75 Å². The van der Waals surface area contributed by atoms with Gasteiger partial charge in [0.15, 0.2) is 0 Å². The quantitative estimate of drug-likeness (QED) is 0.637. The first-order valence-electron chi connectivity index (χ1n) is 7.90. The van der Waals surface area contributed by atoms with Crippen LogP contribution in [0.4, 0.5) is 0 Å². The number of rotatable bonds is 6. The van der Waals surface area contributed by atoms with Crippen molar-refractivity contribution in [3.8, 4) is 5.75 Å². The lowest BCUT2D eigenvalue weighted by molar-refractivity contribution is 0.0691. The minimum Gasteiger partial charge on any atom is -0.488 e. The summed E-state index contributed by atoms with van der Waals surface area (Å²) in [6.45, 7) is 5.87. The minimum absolute atomic E-state index is 0.0501. The molecule has 0 aliphatic heterocycles. The molecular weight excluding hydrogens is 318 g/mol. The van der Waals surface area contributed by atoms with E-state index in [0.29, 0.717) is 0 Å². The van der Waals surface area contributed by atoms with Gasteiger partial charge < -0.3 is 9.84 Å². The summed E-state index contributed by atoms with van der Waals surface area (Å²) in [5.74, 6) is -1.27. The molecule has 2 aromatic carbocycles. The standard InChI is InChI=1S/C20H21NO4/c1-20(2,3)21-12-17(22)15-9-10-18(16(11-15)19(23)24)25-13-14-7-5-4-6-8-14/h4-12H,13H2,1-3H3,(H,23,24)/b21-12+. The van der Waals surface area contributed by atoms with Crippen LogP contribution < -0.4 is 4.74 Å². The Labute approximate surface area is 147 Å². The molecule has 25 heavy (non-hydrogen) atoms. The zero-order valence-electron chi connectivity index (χ0n) is 14.5. The maximum Gasteiger partial charge on any atom is 0.339 e. The Morgan fingerprint density at radius 2 is 1.80 bits per heavy atom. The van der Waals surface area contributed by atoms with Crippen LogP contribution in [0.2, 0.25) is 0 Å². The molecule has 0 bridgehead atoms. The molecule has 5 nitrogen and oxygen atoms in total. The highest BCUT2D eigenvalue weighted by atomic mass is 16.5. The van der Waals surface area contributed by atoms with Crippen molar-refractivity contribution in [2.75, 3.05) is 0 Å². The Kier molecular flexibility index (Phi) is 5.70. The van der Waals surface area contributed by atoms with E-state index >= 15 is 0 Å². The number of ketones is 1. The van der Waals surface area contributed by atoms with E-state index in [-0.39, 0.29) is 34.8 Å². The van der Waals surface area contributed by atoms with Crippen LogP contribution in [-0.4, -0.2) is 28.6 Å². The minimum atomic E-state index is -1.15. The molecule has 0 spiro atoms. The fourth-order valence-corrected chi connectivity index (χ4v) is 2.04. The Balaban J connectivity index is 2.21. The number of benzene rings is 2. The van der Waals surface area contributed by atoms with Crippen LogP contribution in [0.25, 0.3) is 0 Å². The molecule has 0 amide bonds. The van der Waals surface area contributed by atoms with Crippen molar-refractivity contribution < 1.29 is 19.4 Å². The number of aliphatic imine (C=N–C) groups is 1. The number of Topliss-reactive ketones (excluding diaryl/α,β-unsaturated/α-hetero) is 1. The molecule has 0 fully saturated rings. The average Bonchev–Trinajstić information content (AvgIpc) is 2.58. The average molecular weight is 339 g/mol. The Bertz CT molecular complexity index is 789. The summed E-state index contributed by atoms with van der Waals surface area (Å²) in [5.41, 5.74) is 0.768. The van der Waals surface area contributed by atoms with Gasteiger partial charge in [-0.05, 0) is 44.5 Å². The monoisotopic (exact) mass is 339 g/mol. The molecule has 0 atom stereocenters. The van der Waals surface area contributed by atoms with E-state index in [1.54, 1.807) is 6.07 Å². The predicted molar refractivity (Wildman–Crippen MR) is 96.8 cm³/mol. The van der Waals surface area contributed by atoms with Crippen LogP contribution in [0.15, 0.2) is 53.5 Å². The topological polar surface area (TPSA) is 76.0 Å². The van der Waals surface area contributed by atoms with E-state index in [0.717, 1.165) is 5.56 Å². The van der Waals surface area contributed by atoms with Gasteiger partial charge in [0.05, 0.1) is 11.8 Å². The first-order valence-corrected chi connectivity index (χ1v) is 7.90. The van der Waals surface area contributed by atoms with Gasteiger partial charge in [0.2, 0.25) is 5.78 Å². The molecule has 0 aliphatic rings. The number of carboxylic acids is 1. The SMILES string of the molecule is CC(C)(C)/N=C/C(=O)c1ccc(OCc2ccccc2)c(C(=O)O)c1. The molecule has 130 valence electrons. The van der Waals surface area contributed by atoms with Gasteiger partial charge in [0.1, 0.15) is 17.9 Å². The first-order chi connectivity index (χ1) is 11.8. The second-order valence-electron chi connectivity index (χ2n) is 6.58. The zero-order valence-corrected chi connectivity index (χ0v) is 14.5. The van der Waals surface area contributed by atoms with Crippen LogP contribution in [0, 0.1) is 0 Å². The van der Waals surface area contributed by atoms with E-state index < -0.39 is 5.97 Å². The highest BCUT2D eigenvalue weighted by Crippen LogP contribution is 2.22. The third kappa shape index (κ3) is 5.57. The van der Waals surface area contributed by atoms with Gasteiger partial charge in [0, 0.05) is 5.56 Å². The Morgan fingerprint density at radius 3 is 2.40 bits per heavy atom. The summed E-state index contributed by atoms with van der Waals surface area (Å²) in [7, 11) is 0. The Morgan fingerprint density at radius 1 is 1.12 bits per heavy atom. The summed E-state index contributed by atoms with van der Waals surface area (Å²) in [4.78, 5) is 27.8. The van der Waals surface area contributed by atoms with Gasteiger partial charge in [0.25, 0.3) is 0 Å². The van der Waals surface area contributed by atoms with Gasteiger partial charge in [-0.2, -0.15) is 0 Å². The molecule has 0 heterocycles. The molecular formula is C20H21NO4. The second-order valence-corrected chi connectivity index (χ2v) is 6.58. The molecule has 0 unspecified atom stereocenters. The number of hydrogen-bond acceptors (Lipinski definition) is 4. The van der Waals surface area contributed by atoms with Gasteiger partial charge in [-0.1, -0.05) is 30.3 Å². The summed E-state index contributed by atoms with van der Waals surface area (Å²) in [6, 6.07) is 13.8. The van der Waals surface area contributed by atoms with Gasteiger partial charge in [-0.25, -0.2) is 4.79 Å². The van der Waals surface area contributed by atoms with Gasteiger partial charge in [-0.3, -0.25) is 9.79 Å². The van der Waals surface area contributed by atoms with Crippen molar-refractivity contribution in [3.05, 3.63) is 65.2 Å². The van der Waals surface area contributed by atoms with Crippen molar-refractivity contribution in [1.82, 2.24) is 0 Å². The van der Waals surface area contributed by atoms with Gasteiger partial charge >= 0.3 is 5.97 Å². The van der Waals surface area contributed by atoms with Crippen molar-refractivity contribution in [2.45, 2.75) is 32.9 Å². The molecule has 0 aliphatic carbocycles. The van der Waals surface area contributed by atoms with Crippen LogP contribution >= 0.6 is 0 Å². The van der Waals surface area contributed by atoms with Crippen molar-refractivity contribution in [2.24, 2.45) is 4.99 Å².